The van der Waals surface area contributed by atoms with Crippen molar-refractivity contribution in [3.05, 3.63) is 75.6 Å². The minimum absolute atomic E-state index is 0.0920. The minimum Gasteiger partial charge on any atom is -0.457 e. The van der Waals surface area contributed by atoms with E-state index in [9.17, 15) is 33.7 Å². The first kappa shape index (κ1) is 21.6. The van der Waals surface area contributed by atoms with Crippen LogP contribution in [0, 0.1) is 21.8 Å². The zero-order chi connectivity index (χ0) is 22.5. The molecule has 0 aromatic heterocycles. The lowest BCUT2D eigenvalue weighted by atomic mass is 10.1. The van der Waals surface area contributed by atoms with E-state index in [-0.39, 0.29) is 29.8 Å². The summed E-state index contributed by atoms with van der Waals surface area (Å²) in [7, 11) is 0. The van der Waals surface area contributed by atoms with Crippen LogP contribution in [0.4, 0.5) is 10.1 Å². The Bertz CT molecular complexity index is 1040. The molecule has 160 valence electrons. The molecule has 11 heteroatoms. The summed E-state index contributed by atoms with van der Waals surface area (Å²) in [4.78, 5) is 58.6. The number of hydrogen-bond donors (Lipinski definition) is 1. The number of rotatable bonds is 7. The van der Waals surface area contributed by atoms with Gasteiger partial charge in [0.1, 0.15) is 5.82 Å². The van der Waals surface area contributed by atoms with Crippen molar-refractivity contribution in [1.82, 2.24) is 10.4 Å². The van der Waals surface area contributed by atoms with Gasteiger partial charge < -0.3 is 4.74 Å². The summed E-state index contributed by atoms with van der Waals surface area (Å²) in [5.74, 6) is -3.90. The zero-order valence-electron chi connectivity index (χ0n) is 15.9. The number of carbonyl (C=O) groups is 4. The van der Waals surface area contributed by atoms with Gasteiger partial charge in [-0.1, -0.05) is 0 Å². The number of nitro benzene ring substituents is 1. The van der Waals surface area contributed by atoms with Crippen LogP contribution >= 0.6 is 0 Å². The highest BCUT2D eigenvalue weighted by Crippen LogP contribution is 2.19. The number of halogens is 1. The zero-order valence-corrected chi connectivity index (χ0v) is 15.9. The Morgan fingerprint density at radius 1 is 1.10 bits per heavy atom. The van der Waals surface area contributed by atoms with Crippen molar-refractivity contribution in [3.63, 3.8) is 0 Å². The number of hydrazine groups is 1. The van der Waals surface area contributed by atoms with Crippen molar-refractivity contribution in [2.24, 2.45) is 5.92 Å². The van der Waals surface area contributed by atoms with Crippen LogP contribution in [0.5, 0.6) is 0 Å². The number of non-ortho nitro benzene ring substituents is 1. The van der Waals surface area contributed by atoms with Gasteiger partial charge in [-0.25, -0.2) is 4.39 Å². The van der Waals surface area contributed by atoms with Crippen LogP contribution in [0.15, 0.2) is 48.5 Å². The summed E-state index contributed by atoms with van der Waals surface area (Å²) in [5.41, 5.74) is 2.42. The third kappa shape index (κ3) is 5.26. The highest BCUT2D eigenvalue weighted by Gasteiger charge is 2.36. The predicted molar refractivity (Wildman–Crippen MR) is 102 cm³/mol. The summed E-state index contributed by atoms with van der Waals surface area (Å²) in [5, 5.41) is 11.6. The lowest BCUT2D eigenvalue weighted by Gasteiger charge is -2.17. The molecule has 0 spiro atoms. The SMILES string of the molecule is O=C(COC(=O)C1CC(=O)N(NC(=O)c2ccc([N+](=O)[O-])cc2)C1)c1ccc(F)cc1. The molecule has 10 nitrogen and oxygen atoms in total. The van der Waals surface area contributed by atoms with Gasteiger partial charge >= 0.3 is 5.97 Å². The van der Waals surface area contributed by atoms with Crippen LogP contribution in [0.2, 0.25) is 0 Å². The molecule has 0 saturated carbocycles. The Morgan fingerprint density at radius 3 is 2.32 bits per heavy atom. The van der Waals surface area contributed by atoms with E-state index in [1.165, 1.54) is 24.3 Å². The number of ketones is 1. The molecule has 2 aromatic rings. The lowest BCUT2D eigenvalue weighted by molar-refractivity contribution is -0.384. The summed E-state index contributed by atoms with van der Waals surface area (Å²) in [6.45, 7) is -0.717. The molecule has 1 aliphatic rings. The molecule has 0 aliphatic carbocycles. The van der Waals surface area contributed by atoms with Crippen molar-refractivity contribution in [3.8, 4) is 0 Å². The average molecular weight is 429 g/mol. The summed E-state index contributed by atoms with van der Waals surface area (Å²) in [6, 6.07) is 9.52. The minimum atomic E-state index is -0.884. The molecule has 1 unspecified atom stereocenters. The maximum Gasteiger partial charge on any atom is 0.311 e. The molecule has 1 heterocycles. The van der Waals surface area contributed by atoms with E-state index in [2.05, 4.69) is 5.43 Å². The molecule has 0 bridgehead atoms. The van der Waals surface area contributed by atoms with Crippen LogP contribution in [0.25, 0.3) is 0 Å². The summed E-state index contributed by atoms with van der Waals surface area (Å²) in [6.07, 6.45) is -0.218. The topological polar surface area (TPSA) is 136 Å². The molecule has 31 heavy (non-hydrogen) atoms. The maximum absolute atomic E-state index is 12.9. The number of esters is 1. The Labute approximate surface area is 174 Å². The Morgan fingerprint density at radius 2 is 1.71 bits per heavy atom. The highest BCUT2D eigenvalue weighted by atomic mass is 19.1. The van der Waals surface area contributed by atoms with Crippen LogP contribution in [-0.4, -0.2) is 46.7 Å². The maximum atomic E-state index is 12.9. The van der Waals surface area contributed by atoms with E-state index in [0.717, 1.165) is 29.3 Å². The normalized spacial score (nSPS) is 15.5. The second-order valence-electron chi connectivity index (χ2n) is 6.69. The summed E-state index contributed by atoms with van der Waals surface area (Å²) >= 11 is 0. The van der Waals surface area contributed by atoms with Gasteiger partial charge in [-0.05, 0) is 36.4 Å². The largest absolute Gasteiger partial charge is 0.457 e. The Kier molecular flexibility index (Phi) is 6.34. The first-order chi connectivity index (χ1) is 14.7. The molecule has 2 amide bonds. The van der Waals surface area contributed by atoms with E-state index in [0.29, 0.717) is 0 Å². The van der Waals surface area contributed by atoms with Crippen LogP contribution < -0.4 is 5.43 Å². The van der Waals surface area contributed by atoms with E-state index in [1.807, 2.05) is 0 Å². The molecular formula is C20H16FN3O7. The van der Waals surface area contributed by atoms with Crippen molar-refractivity contribution in [2.75, 3.05) is 13.2 Å². The number of nitro groups is 1. The fourth-order valence-electron chi connectivity index (χ4n) is 2.87. The fourth-order valence-corrected chi connectivity index (χ4v) is 2.87. The van der Waals surface area contributed by atoms with E-state index >= 15 is 0 Å². The van der Waals surface area contributed by atoms with Gasteiger partial charge in [0.15, 0.2) is 12.4 Å². The molecular weight excluding hydrogens is 413 g/mol. The third-order valence-electron chi connectivity index (χ3n) is 4.55. The molecule has 1 aliphatic heterocycles. The van der Waals surface area contributed by atoms with Gasteiger partial charge in [-0.15, -0.1) is 0 Å². The molecule has 1 saturated heterocycles. The van der Waals surface area contributed by atoms with Gasteiger partial charge in [0, 0.05) is 29.7 Å². The van der Waals surface area contributed by atoms with Crippen molar-refractivity contribution in [2.45, 2.75) is 6.42 Å². The van der Waals surface area contributed by atoms with Crippen LogP contribution in [0.1, 0.15) is 27.1 Å². The first-order valence-corrected chi connectivity index (χ1v) is 9.06. The fraction of sp³-hybridized carbons (Fsp3) is 0.200. The van der Waals surface area contributed by atoms with E-state index in [4.69, 9.17) is 4.74 Å². The van der Waals surface area contributed by atoms with Gasteiger partial charge in [-0.3, -0.25) is 39.7 Å². The second-order valence-corrected chi connectivity index (χ2v) is 6.69. The smallest absolute Gasteiger partial charge is 0.311 e. The van der Waals surface area contributed by atoms with Crippen LogP contribution in [0.3, 0.4) is 0 Å². The monoisotopic (exact) mass is 429 g/mol. The molecule has 2 aromatic carbocycles. The Balaban J connectivity index is 1.52. The van der Waals surface area contributed by atoms with E-state index in [1.54, 1.807) is 0 Å². The predicted octanol–water partition coefficient (Wildman–Crippen LogP) is 1.65. The average Bonchev–Trinajstić information content (AvgIpc) is 3.12. The van der Waals surface area contributed by atoms with Gasteiger partial charge in [0.25, 0.3) is 11.6 Å². The Hall–Kier alpha value is -4.15. The molecule has 1 fully saturated rings. The number of ether oxygens (including phenoxy) is 1. The highest BCUT2D eigenvalue weighted by molar-refractivity contribution is 5.99. The number of hydrogen-bond acceptors (Lipinski definition) is 7. The quantitative estimate of drug-likeness (QED) is 0.306. The summed E-state index contributed by atoms with van der Waals surface area (Å²) < 4.78 is 17.9. The molecule has 0 radical (unpaired) electrons. The van der Waals surface area contributed by atoms with Crippen molar-refractivity contribution >= 4 is 29.3 Å². The van der Waals surface area contributed by atoms with E-state index < -0.39 is 46.8 Å². The number of benzene rings is 2. The number of nitrogens with zero attached hydrogens (tertiary/aromatic N) is 2. The number of carbonyl (C=O) groups excluding carboxylic acids is 4. The second kappa shape index (κ2) is 9.11. The van der Waals surface area contributed by atoms with Crippen LogP contribution in [-0.2, 0) is 14.3 Å². The molecule has 1 N–H and O–H groups in total. The van der Waals surface area contributed by atoms with Gasteiger partial charge in [0.05, 0.1) is 17.4 Å². The lowest BCUT2D eigenvalue weighted by Crippen LogP contribution is -2.43. The number of Topliss-reactive ketones (excluding diaryl/α,β-unsaturated/α-hetero) is 1. The van der Waals surface area contributed by atoms with Crippen molar-refractivity contribution < 1.29 is 33.2 Å². The first-order valence-electron chi connectivity index (χ1n) is 9.06. The number of nitrogens with one attached hydrogen (secondary N) is 1. The number of amides is 2. The van der Waals surface area contributed by atoms with Crippen molar-refractivity contribution in [1.29, 1.82) is 0 Å². The molecule has 1 atom stereocenters. The van der Waals surface area contributed by atoms with Gasteiger partial charge in [-0.2, -0.15) is 0 Å². The van der Waals surface area contributed by atoms with Gasteiger partial charge in [0.2, 0.25) is 5.91 Å². The standard InChI is InChI=1S/C20H16FN3O7/c21-15-5-1-12(2-6-15)17(25)11-31-20(28)14-9-18(26)23(10-14)22-19(27)13-3-7-16(8-4-13)24(29)30/h1-8,14H,9-11H2,(H,22,27). The third-order valence-corrected chi connectivity index (χ3v) is 4.55. The molecule has 3 rings (SSSR count).